The first-order valence-electron chi connectivity index (χ1n) is 5.91. The summed E-state index contributed by atoms with van der Waals surface area (Å²) in [4.78, 5) is 0. The van der Waals surface area contributed by atoms with Crippen LogP contribution in [0.15, 0.2) is 24.3 Å². The van der Waals surface area contributed by atoms with Gasteiger partial charge in [0.05, 0.1) is 6.10 Å². The molecule has 0 spiro atoms. The molecule has 3 heteroatoms. The van der Waals surface area contributed by atoms with Crippen molar-refractivity contribution in [2.45, 2.75) is 37.8 Å². The molecular weight excluding hydrogens is 205 g/mol. The van der Waals surface area contributed by atoms with E-state index in [1.54, 1.807) is 0 Å². The Hall–Kier alpha value is -0.930. The van der Waals surface area contributed by atoms with Crippen LogP contribution in [0.3, 0.4) is 0 Å². The van der Waals surface area contributed by atoms with E-state index in [0.717, 1.165) is 37.8 Å². The predicted molar refractivity (Wildman–Crippen MR) is 61.8 cm³/mol. The predicted octanol–water partition coefficient (Wildman–Crippen LogP) is 1.87. The molecule has 1 aromatic carbocycles. The minimum atomic E-state index is -0.192. The first-order valence-corrected chi connectivity index (χ1v) is 5.91. The SMILES string of the molecule is O[C@@H]1CCC[C@H]1NCCc1ccc(F)cc1. The number of hydrogen-bond donors (Lipinski definition) is 2. The molecular formula is C13H18FNO. The van der Waals surface area contributed by atoms with Crippen molar-refractivity contribution in [3.05, 3.63) is 35.6 Å². The maximum absolute atomic E-state index is 12.7. The fraction of sp³-hybridized carbons (Fsp3) is 0.538. The van der Waals surface area contributed by atoms with E-state index >= 15 is 0 Å². The van der Waals surface area contributed by atoms with Crippen molar-refractivity contribution < 1.29 is 9.50 Å². The second-order valence-electron chi connectivity index (χ2n) is 4.44. The highest BCUT2D eigenvalue weighted by Crippen LogP contribution is 2.18. The minimum absolute atomic E-state index is 0.187. The Morgan fingerprint density at radius 3 is 2.62 bits per heavy atom. The number of halogens is 1. The highest BCUT2D eigenvalue weighted by molar-refractivity contribution is 5.16. The molecule has 2 rings (SSSR count). The maximum atomic E-state index is 12.7. The molecule has 16 heavy (non-hydrogen) atoms. The summed E-state index contributed by atoms with van der Waals surface area (Å²) < 4.78 is 12.7. The van der Waals surface area contributed by atoms with Crippen molar-refractivity contribution in [1.82, 2.24) is 5.32 Å². The van der Waals surface area contributed by atoms with Crippen molar-refractivity contribution >= 4 is 0 Å². The van der Waals surface area contributed by atoms with Crippen LogP contribution in [0.2, 0.25) is 0 Å². The average molecular weight is 223 g/mol. The number of hydrogen-bond acceptors (Lipinski definition) is 2. The standard InChI is InChI=1S/C13H18FNO/c14-11-6-4-10(5-7-11)8-9-15-12-2-1-3-13(12)16/h4-7,12-13,15-16H,1-3,8-9H2/t12-,13-/m1/s1. The molecule has 88 valence electrons. The van der Waals surface area contributed by atoms with E-state index in [2.05, 4.69) is 5.32 Å². The van der Waals surface area contributed by atoms with E-state index < -0.39 is 0 Å². The van der Waals surface area contributed by atoms with Gasteiger partial charge in [-0.25, -0.2) is 4.39 Å². The lowest BCUT2D eigenvalue weighted by Crippen LogP contribution is -2.36. The topological polar surface area (TPSA) is 32.3 Å². The molecule has 2 atom stereocenters. The molecule has 1 saturated carbocycles. The fourth-order valence-corrected chi connectivity index (χ4v) is 2.23. The normalized spacial score (nSPS) is 24.9. The number of rotatable bonds is 4. The summed E-state index contributed by atoms with van der Waals surface area (Å²) in [6, 6.07) is 6.84. The lowest BCUT2D eigenvalue weighted by atomic mass is 10.1. The third-order valence-corrected chi connectivity index (χ3v) is 3.21. The minimum Gasteiger partial charge on any atom is -0.392 e. The van der Waals surface area contributed by atoms with Crippen molar-refractivity contribution in [3.8, 4) is 0 Å². The molecule has 2 N–H and O–H groups in total. The zero-order valence-electron chi connectivity index (χ0n) is 9.32. The molecule has 1 fully saturated rings. The average Bonchev–Trinajstić information content (AvgIpc) is 2.68. The Bertz CT molecular complexity index is 325. The largest absolute Gasteiger partial charge is 0.392 e. The fourth-order valence-electron chi connectivity index (χ4n) is 2.23. The molecule has 0 amide bonds. The molecule has 1 aromatic rings. The Labute approximate surface area is 95.5 Å². The van der Waals surface area contributed by atoms with E-state index in [0.29, 0.717) is 0 Å². The van der Waals surface area contributed by atoms with Crippen LogP contribution in [0.25, 0.3) is 0 Å². The molecule has 0 radical (unpaired) electrons. The van der Waals surface area contributed by atoms with Crippen LogP contribution >= 0.6 is 0 Å². The Morgan fingerprint density at radius 1 is 1.25 bits per heavy atom. The van der Waals surface area contributed by atoms with Crippen molar-refractivity contribution in [1.29, 1.82) is 0 Å². The molecule has 1 aliphatic carbocycles. The molecule has 0 aromatic heterocycles. The summed E-state index contributed by atoms with van der Waals surface area (Å²) in [5.41, 5.74) is 1.13. The summed E-state index contributed by atoms with van der Waals surface area (Å²) in [5.74, 6) is -0.192. The number of aliphatic hydroxyl groups excluding tert-OH is 1. The van der Waals surface area contributed by atoms with Gasteiger partial charge in [0.1, 0.15) is 5.82 Å². The second-order valence-corrected chi connectivity index (χ2v) is 4.44. The van der Waals surface area contributed by atoms with Gasteiger partial charge < -0.3 is 10.4 Å². The molecule has 0 heterocycles. The molecule has 1 aliphatic rings. The summed E-state index contributed by atoms with van der Waals surface area (Å²) in [7, 11) is 0. The van der Waals surface area contributed by atoms with E-state index in [9.17, 15) is 9.50 Å². The summed E-state index contributed by atoms with van der Waals surface area (Å²) in [5, 5.41) is 13.0. The summed E-state index contributed by atoms with van der Waals surface area (Å²) in [6.07, 6.45) is 3.77. The third kappa shape index (κ3) is 3.03. The monoisotopic (exact) mass is 223 g/mol. The first-order chi connectivity index (χ1) is 7.75. The van der Waals surface area contributed by atoms with Crippen molar-refractivity contribution in [2.24, 2.45) is 0 Å². The van der Waals surface area contributed by atoms with Crippen LogP contribution in [-0.2, 0) is 6.42 Å². The quantitative estimate of drug-likeness (QED) is 0.816. The number of nitrogens with one attached hydrogen (secondary N) is 1. The van der Waals surface area contributed by atoms with Gasteiger partial charge in [-0.05, 0) is 49.9 Å². The second kappa shape index (κ2) is 5.41. The van der Waals surface area contributed by atoms with Crippen molar-refractivity contribution in [2.75, 3.05) is 6.54 Å². The van der Waals surface area contributed by atoms with Crippen LogP contribution < -0.4 is 5.32 Å². The molecule has 0 saturated heterocycles. The van der Waals surface area contributed by atoms with Crippen LogP contribution in [0.1, 0.15) is 24.8 Å². The van der Waals surface area contributed by atoms with Crippen molar-refractivity contribution in [3.63, 3.8) is 0 Å². The van der Waals surface area contributed by atoms with E-state index in [-0.39, 0.29) is 18.0 Å². The zero-order valence-corrected chi connectivity index (χ0v) is 9.32. The summed E-state index contributed by atoms with van der Waals surface area (Å²) in [6.45, 7) is 0.841. The lowest BCUT2D eigenvalue weighted by Gasteiger charge is -2.16. The molecule has 0 aliphatic heterocycles. The Balaban J connectivity index is 1.73. The molecule has 0 unspecified atom stereocenters. The Morgan fingerprint density at radius 2 is 2.00 bits per heavy atom. The van der Waals surface area contributed by atoms with Gasteiger partial charge in [0.15, 0.2) is 0 Å². The zero-order chi connectivity index (χ0) is 11.4. The molecule has 0 bridgehead atoms. The van der Waals surface area contributed by atoms with Crippen LogP contribution in [-0.4, -0.2) is 23.8 Å². The van der Waals surface area contributed by atoms with Gasteiger partial charge in [-0.15, -0.1) is 0 Å². The first kappa shape index (κ1) is 11.6. The van der Waals surface area contributed by atoms with Crippen LogP contribution in [0, 0.1) is 5.82 Å². The maximum Gasteiger partial charge on any atom is 0.123 e. The van der Waals surface area contributed by atoms with Gasteiger partial charge in [0, 0.05) is 6.04 Å². The van der Waals surface area contributed by atoms with Gasteiger partial charge in [-0.2, -0.15) is 0 Å². The summed E-state index contributed by atoms with van der Waals surface area (Å²) >= 11 is 0. The van der Waals surface area contributed by atoms with Gasteiger partial charge in [-0.1, -0.05) is 12.1 Å². The van der Waals surface area contributed by atoms with Gasteiger partial charge in [0.2, 0.25) is 0 Å². The number of aliphatic hydroxyl groups is 1. The third-order valence-electron chi connectivity index (χ3n) is 3.21. The van der Waals surface area contributed by atoms with E-state index in [1.807, 2.05) is 12.1 Å². The lowest BCUT2D eigenvalue weighted by molar-refractivity contribution is 0.149. The number of benzene rings is 1. The Kier molecular flexibility index (Phi) is 3.91. The van der Waals surface area contributed by atoms with E-state index in [1.165, 1.54) is 12.1 Å². The van der Waals surface area contributed by atoms with Gasteiger partial charge >= 0.3 is 0 Å². The van der Waals surface area contributed by atoms with Gasteiger partial charge in [0.25, 0.3) is 0 Å². The van der Waals surface area contributed by atoms with E-state index in [4.69, 9.17) is 0 Å². The van der Waals surface area contributed by atoms with Crippen LogP contribution in [0.5, 0.6) is 0 Å². The molecule has 2 nitrogen and oxygen atoms in total. The van der Waals surface area contributed by atoms with Gasteiger partial charge in [-0.3, -0.25) is 0 Å². The van der Waals surface area contributed by atoms with Crippen LogP contribution in [0.4, 0.5) is 4.39 Å². The highest BCUT2D eigenvalue weighted by Gasteiger charge is 2.23. The smallest absolute Gasteiger partial charge is 0.123 e. The highest BCUT2D eigenvalue weighted by atomic mass is 19.1.